The minimum absolute atomic E-state index is 0.0696. The highest BCUT2D eigenvalue weighted by atomic mass is 32.2. The molecule has 0 radical (unpaired) electrons. The molecule has 0 fully saturated rings. The molecule has 1 aromatic carbocycles. The van der Waals surface area contributed by atoms with Gasteiger partial charge in [-0.1, -0.05) is 29.8 Å². The van der Waals surface area contributed by atoms with Crippen molar-refractivity contribution < 1.29 is 9.47 Å². The van der Waals surface area contributed by atoms with Gasteiger partial charge < -0.3 is 9.47 Å². The summed E-state index contributed by atoms with van der Waals surface area (Å²) in [6.45, 7) is 7.52. The van der Waals surface area contributed by atoms with Gasteiger partial charge in [-0.15, -0.1) is 0 Å². The minimum atomic E-state index is -0.0696. The van der Waals surface area contributed by atoms with E-state index in [1.165, 1.54) is 11.1 Å². The number of rotatable bonds is 8. The maximum Gasteiger partial charge on any atom is 0.166 e. The molecule has 0 aliphatic carbocycles. The van der Waals surface area contributed by atoms with E-state index in [1.54, 1.807) is 0 Å². The van der Waals surface area contributed by atoms with Gasteiger partial charge >= 0.3 is 0 Å². The second-order valence-electron chi connectivity index (χ2n) is 3.84. The van der Waals surface area contributed by atoms with Crippen molar-refractivity contribution in [2.24, 2.45) is 0 Å². The first-order valence-electron chi connectivity index (χ1n) is 6.12. The maximum atomic E-state index is 5.50. The second-order valence-corrected chi connectivity index (χ2v) is 4.87. The fraction of sp³-hybridized carbons (Fsp3) is 0.571. The zero-order valence-electron chi connectivity index (χ0n) is 10.9. The summed E-state index contributed by atoms with van der Waals surface area (Å²) < 4.78 is 11.0. The van der Waals surface area contributed by atoms with Crippen LogP contribution in [0.1, 0.15) is 25.0 Å². The third-order valence-corrected chi connectivity index (χ3v) is 3.36. The fourth-order valence-electron chi connectivity index (χ4n) is 1.59. The Kier molecular flexibility index (Phi) is 7.33. The van der Waals surface area contributed by atoms with Crippen molar-refractivity contribution >= 4 is 11.8 Å². The van der Waals surface area contributed by atoms with E-state index in [0.29, 0.717) is 13.2 Å². The number of aryl methyl sites for hydroxylation is 1. The molecule has 0 aromatic heterocycles. The quantitative estimate of drug-likeness (QED) is 0.660. The van der Waals surface area contributed by atoms with Gasteiger partial charge in [0, 0.05) is 24.7 Å². The molecule has 0 saturated carbocycles. The predicted molar refractivity (Wildman–Crippen MR) is 74.4 cm³/mol. The average Bonchev–Trinajstić information content (AvgIpc) is 2.30. The van der Waals surface area contributed by atoms with Gasteiger partial charge in [0.1, 0.15) is 0 Å². The zero-order valence-corrected chi connectivity index (χ0v) is 11.8. The lowest BCUT2D eigenvalue weighted by Crippen LogP contribution is -2.20. The highest BCUT2D eigenvalue weighted by molar-refractivity contribution is 7.98. The first-order chi connectivity index (χ1) is 8.26. The van der Waals surface area contributed by atoms with E-state index >= 15 is 0 Å². The van der Waals surface area contributed by atoms with Crippen molar-refractivity contribution in [2.75, 3.05) is 19.0 Å². The van der Waals surface area contributed by atoms with Crippen molar-refractivity contribution in [1.82, 2.24) is 0 Å². The van der Waals surface area contributed by atoms with Crippen molar-refractivity contribution in [3.8, 4) is 0 Å². The van der Waals surface area contributed by atoms with Crippen LogP contribution in [-0.4, -0.2) is 25.3 Å². The topological polar surface area (TPSA) is 18.5 Å². The van der Waals surface area contributed by atoms with E-state index in [0.717, 1.165) is 11.5 Å². The Labute approximate surface area is 109 Å². The average molecular weight is 254 g/mol. The third kappa shape index (κ3) is 6.10. The summed E-state index contributed by atoms with van der Waals surface area (Å²) in [5.41, 5.74) is 2.68. The van der Waals surface area contributed by atoms with Crippen LogP contribution in [-0.2, 0) is 15.2 Å². The number of hydrogen-bond donors (Lipinski definition) is 0. The van der Waals surface area contributed by atoms with Gasteiger partial charge in [0.25, 0.3) is 0 Å². The third-order valence-electron chi connectivity index (χ3n) is 2.31. The summed E-state index contributed by atoms with van der Waals surface area (Å²) in [4.78, 5) is 0. The molecule has 0 unspecified atom stereocenters. The monoisotopic (exact) mass is 254 g/mol. The van der Waals surface area contributed by atoms with Crippen LogP contribution in [0.5, 0.6) is 0 Å². The Morgan fingerprint density at radius 3 is 2.47 bits per heavy atom. The predicted octanol–water partition coefficient (Wildman–Crippen LogP) is 3.63. The van der Waals surface area contributed by atoms with Gasteiger partial charge in [-0.25, -0.2) is 0 Å². The molecule has 1 rings (SSSR count). The van der Waals surface area contributed by atoms with Crippen LogP contribution in [0.3, 0.4) is 0 Å². The normalized spacial score (nSPS) is 11.1. The van der Waals surface area contributed by atoms with E-state index < -0.39 is 0 Å². The van der Waals surface area contributed by atoms with E-state index in [2.05, 4.69) is 31.2 Å². The number of thioether (sulfide) groups is 1. The Bertz CT molecular complexity index is 309. The van der Waals surface area contributed by atoms with Gasteiger partial charge in [0.2, 0.25) is 0 Å². The molecule has 0 aliphatic rings. The number of hydrogen-bond acceptors (Lipinski definition) is 3. The van der Waals surface area contributed by atoms with Crippen molar-refractivity contribution in [3.63, 3.8) is 0 Å². The smallest absolute Gasteiger partial charge is 0.166 e. The lowest BCUT2D eigenvalue weighted by atomic mass is 10.2. The van der Waals surface area contributed by atoms with Crippen molar-refractivity contribution in [1.29, 1.82) is 0 Å². The van der Waals surface area contributed by atoms with E-state index in [4.69, 9.17) is 9.47 Å². The summed E-state index contributed by atoms with van der Waals surface area (Å²) in [5.74, 6) is 1.90. The van der Waals surface area contributed by atoms with Crippen molar-refractivity contribution in [3.05, 3.63) is 35.4 Å². The molecule has 0 bridgehead atoms. The molecule has 0 aliphatic heterocycles. The SMILES string of the molecule is CCOC(CSCc1cccc(C)c1)OCC. The first-order valence-corrected chi connectivity index (χ1v) is 7.28. The molecular weight excluding hydrogens is 232 g/mol. The zero-order chi connectivity index (χ0) is 12.5. The molecule has 0 spiro atoms. The fourth-order valence-corrected chi connectivity index (χ4v) is 2.51. The summed E-state index contributed by atoms with van der Waals surface area (Å²) in [6.07, 6.45) is -0.0696. The second kappa shape index (κ2) is 8.56. The van der Waals surface area contributed by atoms with Crippen LogP contribution in [0, 0.1) is 6.92 Å². The molecule has 0 amide bonds. The summed E-state index contributed by atoms with van der Waals surface area (Å²) in [7, 11) is 0. The van der Waals surface area contributed by atoms with E-state index in [-0.39, 0.29) is 6.29 Å². The van der Waals surface area contributed by atoms with Gasteiger partial charge in [-0.2, -0.15) is 11.8 Å². The van der Waals surface area contributed by atoms with Gasteiger partial charge in [0.05, 0.1) is 0 Å². The molecule has 96 valence electrons. The largest absolute Gasteiger partial charge is 0.352 e. The first kappa shape index (κ1) is 14.6. The molecule has 17 heavy (non-hydrogen) atoms. The molecule has 0 atom stereocenters. The van der Waals surface area contributed by atoms with Gasteiger partial charge in [-0.3, -0.25) is 0 Å². The molecule has 2 nitrogen and oxygen atoms in total. The maximum absolute atomic E-state index is 5.50. The van der Waals surface area contributed by atoms with Crippen LogP contribution in [0.4, 0.5) is 0 Å². The van der Waals surface area contributed by atoms with Crippen LogP contribution >= 0.6 is 11.8 Å². The molecule has 0 saturated heterocycles. The summed E-state index contributed by atoms with van der Waals surface area (Å²) in [6, 6.07) is 8.62. The summed E-state index contributed by atoms with van der Waals surface area (Å²) in [5, 5.41) is 0. The van der Waals surface area contributed by atoms with Gasteiger partial charge in [-0.05, 0) is 26.3 Å². The highest BCUT2D eigenvalue weighted by Gasteiger charge is 2.07. The van der Waals surface area contributed by atoms with Crippen molar-refractivity contribution in [2.45, 2.75) is 32.8 Å². The van der Waals surface area contributed by atoms with Gasteiger partial charge in [0.15, 0.2) is 6.29 Å². The van der Waals surface area contributed by atoms with E-state index in [1.807, 2.05) is 25.6 Å². The van der Waals surface area contributed by atoms with Crippen LogP contribution in [0.2, 0.25) is 0 Å². The van der Waals surface area contributed by atoms with E-state index in [9.17, 15) is 0 Å². The highest BCUT2D eigenvalue weighted by Crippen LogP contribution is 2.15. The Hall–Kier alpha value is -0.510. The van der Waals surface area contributed by atoms with Crippen LogP contribution < -0.4 is 0 Å². The lowest BCUT2D eigenvalue weighted by Gasteiger charge is -2.16. The minimum Gasteiger partial charge on any atom is -0.352 e. The summed E-state index contributed by atoms with van der Waals surface area (Å²) >= 11 is 1.85. The standard InChI is InChI=1S/C14H22O2S/c1-4-15-14(16-5-2)11-17-10-13-8-6-7-12(3)9-13/h6-9,14H,4-5,10-11H2,1-3H3. The lowest BCUT2D eigenvalue weighted by molar-refractivity contribution is -0.120. The van der Waals surface area contributed by atoms with Crippen LogP contribution in [0.15, 0.2) is 24.3 Å². The molecule has 1 aromatic rings. The Morgan fingerprint density at radius 2 is 1.88 bits per heavy atom. The Morgan fingerprint density at radius 1 is 1.18 bits per heavy atom. The van der Waals surface area contributed by atoms with Crippen LogP contribution in [0.25, 0.3) is 0 Å². The Balaban J connectivity index is 2.30. The number of benzene rings is 1. The number of ether oxygens (including phenoxy) is 2. The molecule has 0 heterocycles. The molecule has 3 heteroatoms. The molecule has 0 N–H and O–H groups in total. The molecular formula is C14H22O2S.